The van der Waals surface area contributed by atoms with Gasteiger partial charge in [-0.15, -0.1) is 0 Å². The fourth-order valence-electron chi connectivity index (χ4n) is 1.87. The highest BCUT2D eigenvalue weighted by Crippen LogP contribution is 2.13. The van der Waals surface area contributed by atoms with E-state index in [9.17, 15) is 4.79 Å². The summed E-state index contributed by atoms with van der Waals surface area (Å²) >= 11 is 0. The fraction of sp³-hybridized carbons (Fsp3) is 0.200. The molecule has 2 aromatic rings. The second kappa shape index (κ2) is 5.40. The average molecular weight is 254 g/mol. The van der Waals surface area contributed by atoms with Gasteiger partial charge in [0.05, 0.1) is 11.6 Å². The van der Waals surface area contributed by atoms with E-state index in [-0.39, 0.29) is 5.91 Å². The summed E-state index contributed by atoms with van der Waals surface area (Å²) in [5, 5.41) is 11.6. The van der Waals surface area contributed by atoms with Gasteiger partial charge in [-0.2, -0.15) is 5.26 Å². The van der Waals surface area contributed by atoms with Gasteiger partial charge >= 0.3 is 0 Å². The molecule has 0 saturated heterocycles. The van der Waals surface area contributed by atoms with Crippen LogP contribution in [0, 0.1) is 25.2 Å². The summed E-state index contributed by atoms with van der Waals surface area (Å²) in [4.78, 5) is 12.0. The van der Waals surface area contributed by atoms with Gasteiger partial charge in [-0.05, 0) is 38.1 Å². The minimum Gasteiger partial charge on any atom is -0.466 e. The number of hydrogen-bond acceptors (Lipinski definition) is 3. The number of rotatable bonds is 3. The number of hydrogen-bond donors (Lipinski definition) is 1. The normalized spacial score (nSPS) is 9.95. The first kappa shape index (κ1) is 12.9. The zero-order valence-electron chi connectivity index (χ0n) is 10.9. The minimum absolute atomic E-state index is 0.199. The number of carbonyl (C=O) groups excluding carboxylic acids is 1. The molecule has 19 heavy (non-hydrogen) atoms. The third kappa shape index (κ3) is 3.02. The zero-order chi connectivity index (χ0) is 13.8. The maximum Gasteiger partial charge on any atom is 0.251 e. The number of benzene rings is 1. The lowest BCUT2D eigenvalue weighted by atomic mass is 10.1. The molecule has 2 rings (SSSR count). The molecule has 1 heterocycles. The average Bonchev–Trinajstić information content (AvgIpc) is 2.74. The lowest BCUT2D eigenvalue weighted by Gasteiger charge is -2.04. The fourth-order valence-corrected chi connectivity index (χ4v) is 1.87. The highest BCUT2D eigenvalue weighted by Gasteiger charge is 2.09. The molecule has 0 radical (unpaired) electrons. The summed E-state index contributed by atoms with van der Waals surface area (Å²) < 4.78 is 5.39. The Morgan fingerprint density at radius 1 is 1.37 bits per heavy atom. The summed E-state index contributed by atoms with van der Waals surface area (Å²) in [6.45, 7) is 4.15. The van der Waals surface area contributed by atoms with Gasteiger partial charge < -0.3 is 9.73 Å². The smallest absolute Gasteiger partial charge is 0.251 e. The second-order valence-corrected chi connectivity index (χ2v) is 4.31. The van der Waals surface area contributed by atoms with Crippen molar-refractivity contribution in [3.8, 4) is 6.07 Å². The molecule has 0 atom stereocenters. The van der Waals surface area contributed by atoms with Crippen LogP contribution in [0.1, 0.15) is 33.0 Å². The number of carbonyl (C=O) groups is 1. The Labute approximate surface area is 111 Å². The van der Waals surface area contributed by atoms with Crippen LogP contribution >= 0.6 is 0 Å². The molecule has 0 aliphatic heterocycles. The van der Waals surface area contributed by atoms with Crippen LogP contribution in [-0.4, -0.2) is 5.91 Å². The summed E-state index contributed by atoms with van der Waals surface area (Å²) in [6.07, 6.45) is 0. The highest BCUT2D eigenvalue weighted by molar-refractivity contribution is 5.94. The van der Waals surface area contributed by atoms with E-state index in [0.717, 1.165) is 17.1 Å². The first-order valence-corrected chi connectivity index (χ1v) is 5.94. The predicted octanol–water partition coefficient (Wildman–Crippen LogP) is 2.70. The summed E-state index contributed by atoms with van der Waals surface area (Å²) in [6, 6.07) is 10.5. The lowest BCUT2D eigenvalue weighted by Crippen LogP contribution is -2.22. The molecule has 0 bridgehead atoms. The maximum atomic E-state index is 12.0. The van der Waals surface area contributed by atoms with Crippen molar-refractivity contribution in [2.24, 2.45) is 0 Å². The number of nitriles is 1. The van der Waals surface area contributed by atoms with E-state index in [1.54, 1.807) is 24.3 Å². The zero-order valence-corrected chi connectivity index (χ0v) is 10.9. The summed E-state index contributed by atoms with van der Waals surface area (Å²) in [7, 11) is 0. The van der Waals surface area contributed by atoms with Gasteiger partial charge in [0, 0.05) is 17.7 Å². The van der Waals surface area contributed by atoms with E-state index in [0.29, 0.717) is 17.7 Å². The van der Waals surface area contributed by atoms with Crippen molar-refractivity contribution >= 4 is 5.91 Å². The van der Waals surface area contributed by atoms with Crippen LogP contribution in [0.25, 0.3) is 0 Å². The van der Waals surface area contributed by atoms with Crippen LogP contribution in [-0.2, 0) is 6.54 Å². The third-order valence-electron chi connectivity index (χ3n) is 2.84. The van der Waals surface area contributed by atoms with E-state index >= 15 is 0 Å². The first-order chi connectivity index (χ1) is 9.10. The Morgan fingerprint density at radius 3 is 2.79 bits per heavy atom. The van der Waals surface area contributed by atoms with Gasteiger partial charge in [0.15, 0.2) is 0 Å². The van der Waals surface area contributed by atoms with Crippen molar-refractivity contribution in [3.05, 3.63) is 58.5 Å². The van der Waals surface area contributed by atoms with Crippen LogP contribution in [0.5, 0.6) is 0 Å². The number of nitrogens with zero attached hydrogens (tertiary/aromatic N) is 1. The Balaban J connectivity index is 2.05. The Bertz CT molecular complexity index is 650. The van der Waals surface area contributed by atoms with Crippen LogP contribution in [0.2, 0.25) is 0 Å². The van der Waals surface area contributed by atoms with Gasteiger partial charge in [0.1, 0.15) is 11.5 Å². The third-order valence-corrected chi connectivity index (χ3v) is 2.84. The lowest BCUT2D eigenvalue weighted by molar-refractivity contribution is 0.0951. The largest absolute Gasteiger partial charge is 0.466 e. The number of aryl methyl sites for hydroxylation is 2. The summed E-state index contributed by atoms with van der Waals surface area (Å²) in [5.74, 6) is 1.44. The molecular formula is C15H14N2O2. The molecule has 4 heteroatoms. The molecule has 1 amide bonds. The van der Waals surface area contributed by atoms with Crippen molar-refractivity contribution in [1.82, 2.24) is 5.32 Å². The van der Waals surface area contributed by atoms with Gasteiger partial charge in [-0.3, -0.25) is 4.79 Å². The van der Waals surface area contributed by atoms with Crippen LogP contribution in [0.3, 0.4) is 0 Å². The van der Waals surface area contributed by atoms with Gasteiger partial charge in [-0.1, -0.05) is 6.07 Å². The first-order valence-electron chi connectivity index (χ1n) is 5.94. The van der Waals surface area contributed by atoms with E-state index in [2.05, 4.69) is 5.32 Å². The Kier molecular flexibility index (Phi) is 3.67. The van der Waals surface area contributed by atoms with Gasteiger partial charge in [0.25, 0.3) is 5.91 Å². The second-order valence-electron chi connectivity index (χ2n) is 4.31. The molecule has 0 saturated carbocycles. The van der Waals surface area contributed by atoms with Gasteiger partial charge in [-0.25, -0.2) is 0 Å². The Hall–Kier alpha value is -2.54. The molecule has 1 aromatic carbocycles. The van der Waals surface area contributed by atoms with E-state index in [4.69, 9.17) is 9.68 Å². The predicted molar refractivity (Wildman–Crippen MR) is 70.5 cm³/mol. The quantitative estimate of drug-likeness (QED) is 0.915. The van der Waals surface area contributed by atoms with Crippen molar-refractivity contribution in [1.29, 1.82) is 5.26 Å². The number of nitrogens with one attached hydrogen (secondary N) is 1. The van der Waals surface area contributed by atoms with Crippen molar-refractivity contribution in [3.63, 3.8) is 0 Å². The molecule has 0 spiro atoms. The number of furan rings is 1. The molecule has 4 nitrogen and oxygen atoms in total. The molecule has 0 aliphatic carbocycles. The summed E-state index contributed by atoms with van der Waals surface area (Å²) in [5.41, 5.74) is 1.92. The molecule has 1 N–H and O–H groups in total. The Morgan fingerprint density at radius 2 is 2.16 bits per heavy atom. The van der Waals surface area contributed by atoms with Crippen LogP contribution in [0.15, 0.2) is 34.7 Å². The van der Waals surface area contributed by atoms with E-state index in [1.165, 1.54) is 0 Å². The van der Waals surface area contributed by atoms with Crippen molar-refractivity contribution in [2.75, 3.05) is 0 Å². The molecule has 0 aliphatic rings. The van der Waals surface area contributed by atoms with E-state index in [1.807, 2.05) is 26.0 Å². The molecule has 96 valence electrons. The standard InChI is InChI=1S/C15H14N2O2/c1-10-6-14(11(2)19-10)9-17-15(18)13-5-3-4-12(7-13)8-16/h3-7H,9H2,1-2H3,(H,17,18). The highest BCUT2D eigenvalue weighted by atomic mass is 16.3. The monoisotopic (exact) mass is 254 g/mol. The molecule has 0 unspecified atom stereocenters. The van der Waals surface area contributed by atoms with Crippen molar-refractivity contribution in [2.45, 2.75) is 20.4 Å². The SMILES string of the molecule is Cc1cc(CNC(=O)c2cccc(C#N)c2)c(C)o1. The van der Waals surface area contributed by atoms with Crippen LogP contribution in [0.4, 0.5) is 0 Å². The maximum absolute atomic E-state index is 12.0. The van der Waals surface area contributed by atoms with E-state index < -0.39 is 0 Å². The molecule has 1 aromatic heterocycles. The topological polar surface area (TPSA) is 66.0 Å². The van der Waals surface area contributed by atoms with Crippen LogP contribution < -0.4 is 5.32 Å². The van der Waals surface area contributed by atoms with Gasteiger partial charge in [0.2, 0.25) is 0 Å². The molecule has 0 fully saturated rings. The minimum atomic E-state index is -0.199. The van der Waals surface area contributed by atoms with Crippen molar-refractivity contribution < 1.29 is 9.21 Å². The number of amides is 1. The molecular weight excluding hydrogens is 240 g/mol.